The minimum absolute atomic E-state index is 0.220. The van der Waals surface area contributed by atoms with Crippen LogP contribution in [0.15, 0.2) is 18.2 Å². The van der Waals surface area contributed by atoms with Gasteiger partial charge in [0.25, 0.3) is 10.1 Å². The third-order valence-corrected chi connectivity index (χ3v) is 5.75. The van der Waals surface area contributed by atoms with E-state index in [1.165, 1.54) is 0 Å². The zero-order valence-electron chi connectivity index (χ0n) is 16.4. The zero-order chi connectivity index (χ0) is 20.2. The van der Waals surface area contributed by atoms with Crippen LogP contribution >= 0.6 is 0 Å². The molecule has 0 spiro atoms. The van der Waals surface area contributed by atoms with Gasteiger partial charge in [-0.1, -0.05) is 6.07 Å². The molecule has 0 amide bonds. The molecule has 7 nitrogen and oxygen atoms in total. The molecule has 1 aromatic carbocycles. The number of esters is 1. The number of rotatable bonds is 8. The predicted octanol–water partition coefficient (Wildman–Crippen LogP) is 3.00. The van der Waals surface area contributed by atoms with Gasteiger partial charge in [0.05, 0.1) is 19.5 Å². The lowest BCUT2D eigenvalue weighted by Crippen LogP contribution is -2.50. The maximum absolute atomic E-state index is 11.6. The standard InChI is InChI=1S/C19H29NO6S/c1-5-26-18(21)7-6-10-20-17-11-15(25-4)8-9-16(17)14(12-19(20,2)3)13-27(22,23)24/h8-9,11,14H,5-7,10,12-13H2,1-4H3,(H,22,23,24). The molecule has 1 aliphatic heterocycles. The summed E-state index contributed by atoms with van der Waals surface area (Å²) in [4.78, 5) is 13.8. The maximum atomic E-state index is 11.6. The molecule has 8 heteroatoms. The topological polar surface area (TPSA) is 93.1 Å². The summed E-state index contributed by atoms with van der Waals surface area (Å²) < 4.78 is 42.7. The fourth-order valence-corrected chi connectivity index (χ4v) is 4.63. The fourth-order valence-electron chi connectivity index (χ4n) is 3.82. The van der Waals surface area contributed by atoms with Gasteiger partial charge >= 0.3 is 5.97 Å². The van der Waals surface area contributed by atoms with E-state index in [9.17, 15) is 17.8 Å². The van der Waals surface area contributed by atoms with Crippen molar-refractivity contribution in [3.63, 3.8) is 0 Å². The van der Waals surface area contributed by atoms with Crippen molar-refractivity contribution in [3.8, 4) is 5.75 Å². The van der Waals surface area contributed by atoms with Gasteiger partial charge in [-0.2, -0.15) is 8.42 Å². The molecule has 0 saturated heterocycles. The van der Waals surface area contributed by atoms with Gasteiger partial charge in [0, 0.05) is 36.2 Å². The van der Waals surface area contributed by atoms with Crippen LogP contribution in [0.2, 0.25) is 0 Å². The van der Waals surface area contributed by atoms with Crippen molar-refractivity contribution in [1.29, 1.82) is 0 Å². The quantitative estimate of drug-likeness (QED) is 0.530. The average molecular weight is 400 g/mol. The van der Waals surface area contributed by atoms with E-state index < -0.39 is 10.1 Å². The van der Waals surface area contributed by atoms with Crippen LogP contribution in [-0.2, 0) is 19.6 Å². The molecule has 1 heterocycles. The van der Waals surface area contributed by atoms with Gasteiger partial charge in [-0.15, -0.1) is 0 Å². The Morgan fingerprint density at radius 3 is 2.67 bits per heavy atom. The van der Waals surface area contributed by atoms with E-state index in [1.807, 2.05) is 26.0 Å². The van der Waals surface area contributed by atoms with E-state index in [1.54, 1.807) is 20.1 Å². The van der Waals surface area contributed by atoms with Gasteiger partial charge in [-0.25, -0.2) is 0 Å². The number of hydrogen-bond donors (Lipinski definition) is 1. The molecule has 1 aliphatic rings. The zero-order valence-corrected chi connectivity index (χ0v) is 17.2. The number of ether oxygens (including phenoxy) is 2. The van der Waals surface area contributed by atoms with E-state index in [2.05, 4.69) is 4.90 Å². The molecule has 0 radical (unpaired) electrons. The number of benzene rings is 1. The van der Waals surface area contributed by atoms with Gasteiger partial charge in [-0.05, 0) is 45.2 Å². The largest absolute Gasteiger partial charge is 0.497 e. The van der Waals surface area contributed by atoms with E-state index in [4.69, 9.17) is 9.47 Å². The van der Waals surface area contributed by atoms with Crippen LogP contribution in [0.3, 0.4) is 0 Å². The number of carbonyl (C=O) groups excluding carboxylic acids is 1. The Balaban J connectivity index is 2.32. The highest BCUT2D eigenvalue weighted by Crippen LogP contribution is 2.45. The molecule has 0 aromatic heterocycles. The van der Waals surface area contributed by atoms with E-state index in [-0.39, 0.29) is 23.2 Å². The lowest BCUT2D eigenvalue weighted by atomic mass is 9.79. The summed E-state index contributed by atoms with van der Waals surface area (Å²) in [6, 6.07) is 5.54. The molecule has 152 valence electrons. The highest BCUT2D eigenvalue weighted by molar-refractivity contribution is 7.85. The summed E-state index contributed by atoms with van der Waals surface area (Å²) in [5, 5.41) is 0. The first-order valence-electron chi connectivity index (χ1n) is 9.13. The normalized spacial score (nSPS) is 18.7. The SMILES string of the molecule is CCOC(=O)CCCN1c2cc(OC)ccc2C(CS(=O)(=O)O)CC1(C)C. The second-order valence-corrected chi connectivity index (χ2v) is 8.94. The molecule has 0 bridgehead atoms. The maximum Gasteiger partial charge on any atom is 0.305 e. The summed E-state index contributed by atoms with van der Waals surface area (Å²) in [6.45, 7) is 6.85. The third-order valence-electron chi connectivity index (χ3n) is 4.92. The summed E-state index contributed by atoms with van der Waals surface area (Å²) in [5.41, 5.74) is 1.40. The summed E-state index contributed by atoms with van der Waals surface area (Å²) >= 11 is 0. The Morgan fingerprint density at radius 1 is 1.37 bits per heavy atom. The number of carbonyl (C=O) groups is 1. The van der Waals surface area contributed by atoms with Crippen molar-refractivity contribution in [3.05, 3.63) is 23.8 Å². The lowest BCUT2D eigenvalue weighted by molar-refractivity contribution is -0.143. The van der Waals surface area contributed by atoms with Crippen LogP contribution in [0, 0.1) is 0 Å². The van der Waals surface area contributed by atoms with Crippen molar-refractivity contribution < 1.29 is 27.2 Å². The van der Waals surface area contributed by atoms with Crippen molar-refractivity contribution in [2.45, 2.75) is 51.5 Å². The Bertz CT molecular complexity index is 774. The molecule has 27 heavy (non-hydrogen) atoms. The third kappa shape index (κ3) is 5.59. The van der Waals surface area contributed by atoms with Gasteiger partial charge in [0.2, 0.25) is 0 Å². The van der Waals surface area contributed by atoms with Gasteiger partial charge in [-0.3, -0.25) is 9.35 Å². The Labute approximate surface area is 161 Å². The van der Waals surface area contributed by atoms with Crippen molar-refractivity contribution in [1.82, 2.24) is 0 Å². The molecule has 0 fully saturated rings. The van der Waals surface area contributed by atoms with Crippen molar-refractivity contribution >= 4 is 21.8 Å². The molecule has 0 aliphatic carbocycles. The highest BCUT2D eigenvalue weighted by atomic mass is 32.2. The highest BCUT2D eigenvalue weighted by Gasteiger charge is 2.39. The monoisotopic (exact) mass is 399 g/mol. The minimum Gasteiger partial charge on any atom is -0.497 e. The first-order valence-corrected chi connectivity index (χ1v) is 10.7. The molecule has 0 saturated carbocycles. The van der Waals surface area contributed by atoms with Crippen molar-refractivity contribution in [2.75, 3.05) is 30.9 Å². The number of nitrogens with zero attached hydrogens (tertiary/aromatic N) is 1. The minimum atomic E-state index is -4.10. The smallest absolute Gasteiger partial charge is 0.305 e. The van der Waals surface area contributed by atoms with Gasteiger partial charge in [0.1, 0.15) is 5.75 Å². The van der Waals surface area contributed by atoms with Gasteiger partial charge < -0.3 is 14.4 Å². The van der Waals surface area contributed by atoms with Crippen LogP contribution in [0.1, 0.15) is 51.5 Å². The second kappa shape index (κ2) is 8.48. The first kappa shape index (κ1) is 21.5. The summed E-state index contributed by atoms with van der Waals surface area (Å²) in [7, 11) is -2.52. The average Bonchev–Trinajstić information content (AvgIpc) is 2.55. The summed E-state index contributed by atoms with van der Waals surface area (Å²) in [6.07, 6.45) is 1.53. The lowest BCUT2D eigenvalue weighted by Gasteiger charge is -2.48. The number of methoxy groups -OCH3 is 1. The second-order valence-electron chi connectivity index (χ2n) is 7.45. The molecule has 2 rings (SSSR count). The van der Waals surface area contributed by atoms with E-state index in [0.717, 1.165) is 11.3 Å². The number of anilines is 1. The molecular weight excluding hydrogens is 370 g/mol. The molecule has 1 aromatic rings. The summed E-state index contributed by atoms with van der Waals surface area (Å²) in [5.74, 6) is -0.168. The number of hydrogen-bond acceptors (Lipinski definition) is 6. The van der Waals surface area contributed by atoms with Crippen LogP contribution in [0.5, 0.6) is 5.75 Å². The van der Waals surface area contributed by atoms with Crippen LogP contribution in [-0.4, -0.2) is 50.5 Å². The Kier molecular flexibility index (Phi) is 6.75. The Hall–Kier alpha value is -1.80. The number of fused-ring (bicyclic) bond motifs is 1. The van der Waals surface area contributed by atoms with E-state index >= 15 is 0 Å². The fraction of sp³-hybridized carbons (Fsp3) is 0.632. The molecule has 1 atom stereocenters. The molecule has 1 unspecified atom stereocenters. The van der Waals surface area contributed by atoms with Crippen LogP contribution < -0.4 is 9.64 Å². The Morgan fingerprint density at radius 2 is 2.07 bits per heavy atom. The van der Waals surface area contributed by atoms with Crippen LogP contribution in [0.4, 0.5) is 5.69 Å². The van der Waals surface area contributed by atoms with Crippen molar-refractivity contribution in [2.24, 2.45) is 0 Å². The van der Waals surface area contributed by atoms with E-state index in [0.29, 0.717) is 38.2 Å². The first-order chi connectivity index (χ1) is 12.6. The van der Waals surface area contributed by atoms with Crippen LogP contribution in [0.25, 0.3) is 0 Å². The predicted molar refractivity (Wildman–Crippen MR) is 104 cm³/mol. The van der Waals surface area contributed by atoms with Gasteiger partial charge in [0.15, 0.2) is 0 Å². The molecular formula is C19H29NO6S. The molecule has 1 N–H and O–H groups in total.